The summed E-state index contributed by atoms with van der Waals surface area (Å²) in [7, 11) is 0. The van der Waals surface area contributed by atoms with Crippen LogP contribution in [0.5, 0.6) is 11.5 Å². The molecule has 0 amide bonds. The van der Waals surface area contributed by atoms with Crippen molar-refractivity contribution in [2.45, 2.75) is 43.9 Å². The Balaban J connectivity index is 1.27. The number of nitrogens with zero attached hydrogens (tertiary/aromatic N) is 3. The number of ether oxygens (including phenoxy) is 1. The van der Waals surface area contributed by atoms with Gasteiger partial charge < -0.3 is 14.8 Å². The van der Waals surface area contributed by atoms with E-state index in [2.05, 4.69) is 37.1 Å². The van der Waals surface area contributed by atoms with E-state index in [1.807, 2.05) is 24.3 Å². The summed E-state index contributed by atoms with van der Waals surface area (Å²) in [5, 5.41) is 3.45. The summed E-state index contributed by atoms with van der Waals surface area (Å²) < 4.78 is 24.1. The average molecular weight is 502 g/mol. The molecule has 0 saturated heterocycles. The molecule has 0 aliphatic heterocycles. The Morgan fingerprint density at radius 1 is 0.944 bits per heavy atom. The van der Waals surface area contributed by atoms with Crippen LogP contribution in [0.2, 0.25) is 0 Å². The second kappa shape index (κ2) is 11.9. The van der Waals surface area contributed by atoms with Gasteiger partial charge in [-0.1, -0.05) is 49.6 Å². The van der Waals surface area contributed by atoms with E-state index in [1.165, 1.54) is 42.8 Å². The molecule has 0 atom stereocenters. The van der Waals surface area contributed by atoms with Gasteiger partial charge in [0.25, 0.3) is 0 Å². The largest absolute Gasteiger partial charge is 0.453 e. The Bertz CT molecular complexity index is 1280. The van der Waals surface area contributed by atoms with Crippen LogP contribution < -0.4 is 14.8 Å². The molecule has 4 aromatic rings. The molecule has 2 heterocycles. The van der Waals surface area contributed by atoms with Crippen molar-refractivity contribution in [3.63, 3.8) is 0 Å². The lowest BCUT2D eigenvalue weighted by atomic mass is 9.96. The highest BCUT2D eigenvalue weighted by Gasteiger charge is 2.16. The Hall–Kier alpha value is -3.65. The van der Waals surface area contributed by atoms with Crippen molar-refractivity contribution in [3.8, 4) is 22.8 Å². The molecule has 36 heavy (non-hydrogen) atoms. The lowest BCUT2D eigenvalue weighted by molar-refractivity contribution is 0.443. The fourth-order valence-electron chi connectivity index (χ4n) is 4.21. The highest BCUT2D eigenvalue weighted by molar-refractivity contribution is 7.99. The highest BCUT2D eigenvalue weighted by Crippen LogP contribution is 2.34. The van der Waals surface area contributed by atoms with Crippen LogP contribution in [-0.2, 0) is 5.75 Å². The number of pyridine rings is 1. The molecule has 1 aliphatic rings. The van der Waals surface area contributed by atoms with Crippen LogP contribution in [0, 0.1) is 5.82 Å². The molecule has 6 nitrogen and oxygen atoms in total. The molecule has 0 bridgehead atoms. The maximum Gasteiger partial charge on any atom is 0.223 e. The predicted molar refractivity (Wildman–Crippen MR) is 144 cm³/mol. The number of hydrogen-bond acceptors (Lipinski definition) is 7. The number of halogens is 1. The molecule has 1 fully saturated rings. The van der Waals surface area contributed by atoms with Crippen molar-refractivity contribution >= 4 is 23.6 Å². The van der Waals surface area contributed by atoms with Crippen LogP contribution >= 0.6 is 11.9 Å². The fraction of sp³-hybridized carbons (Fsp3) is 0.250. The van der Waals surface area contributed by atoms with E-state index in [1.54, 1.807) is 36.8 Å². The summed E-state index contributed by atoms with van der Waals surface area (Å²) in [6, 6.07) is 18.9. The SMILES string of the molecule is Fc1cc(NSCc2ccccc2)ccc1Oc1ccncc1-c1ccnc(NC2CCCCC2)n1. The maximum absolute atomic E-state index is 14.9. The van der Waals surface area contributed by atoms with E-state index in [-0.39, 0.29) is 5.75 Å². The number of hydrogen-bond donors (Lipinski definition) is 2. The van der Waals surface area contributed by atoms with Crippen molar-refractivity contribution in [3.05, 3.63) is 90.6 Å². The topological polar surface area (TPSA) is 72.0 Å². The number of benzene rings is 2. The lowest BCUT2D eigenvalue weighted by Crippen LogP contribution is -2.23. The van der Waals surface area contributed by atoms with Crippen LogP contribution in [0.3, 0.4) is 0 Å². The quantitative estimate of drug-likeness (QED) is 0.230. The van der Waals surface area contributed by atoms with E-state index < -0.39 is 5.82 Å². The van der Waals surface area contributed by atoms with Gasteiger partial charge in [0.05, 0.1) is 11.3 Å². The second-order valence-electron chi connectivity index (χ2n) is 8.74. The van der Waals surface area contributed by atoms with Crippen molar-refractivity contribution < 1.29 is 9.13 Å². The van der Waals surface area contributed by atoms with E-state index in [4.69, 9.17) is 4.74 Å². The summed E-state index contributed by atoms with van der Waals surface area (Å²) in [4.78, 5) is 13.3. The molecule has 5 rings (SSSR count). The molecule has 8 heteroatoms. The number of aromatic nitrogens is 3. The standard InChI is InChI=1S/C28H28FN5OS/c29-24-17-22(34-36-19-20-7-3-1-4-8-20)11-12-27(24)35-26-14-15-30-18-23(26)25-13-16-31-28(33-25)32-21-9-5-2-6-10-21/h1,3-4,7-8,11-18,21,34H,2,5-6,9-10,19H2,(H,31,32,33). The minimum Gasteiger partial charge on any atom is -0.453 e. The second-order valence-corrected chi connectivity index (χ2v) is 9.52. The van der Waals surface area contributed by atoms with Crippen LogP contribution in [0.15, 0.2) is 79.3 Å². The molecular formula is C28H28FN5OS. The molecule has 0 radical (unpaired) electrons. The Morgan fingerprint density at radius 2 is 1.81 bits per heavy atom. The van der Waals surface area contributed by atoms with Gasteiger partial charge in [-0.3, -0.25) is 4.98 Å². The minimum absolute atomic E-state index is 0.135. The summed E-state index contributed by atoms with van der Waals surface area (Å²) in [6.07, 6.45) is 11.0. The number of rotatable bonds is 9. The van der Waals surface area contributed by atoms with Crippen LogP contribution in [0.4, 0.5) is 16.0 Å². The molecule has 2 N–H and O–H groups in total. The third-order valence-corrected chi connectivity index (χ3v) is 6.93. The molecule has 1 saturated carbocycles. The van der Waals surface area contributed by atoms with E-state index in [9.17, 15) is 4.39 Å². The molecule has 0 spiro atoms. The first-order valence-corrected chi connectivity index (χ1v) is 13.2. The van der Waals surface area contributed by atoms with Gasteiger partial charge in [0.15, 0.2) is 11.6 Å². The third kappa shape index (κ3) is 6.31. The van der Waals surface area contributed by atoms with Crippen molar-refractivity contribution in [1.29, 1.82) is 0 Å². The van der Waals surface area contributed by atoms with Gasteiger partial charge in [0.1, 0.15) is 5.75 Å². The summed E-state index contributed by atoms with van der Waals surface area (Å²) >= 11 is 1.51. The van der Waals surface area contributed by atoms with Crippen molar-refractivity contribution in [2.75, 3.05) is 10.0 Å². The molecule has 184 valence electrons. The van der Waals surface area contributed by atoms with Gasteiger partial charge in [-0.05, 0) is 54.6 Å². The maximum atomic E-state index is 14.9. The molecule has 0 unspecified atom stereocenters. The lowest BCUT2D eigenvalue weighted by Gasteiger charge is -2.22. The normalized spacial score (nSPS) is 13.8. The van der Waals surface area contributed by atoms with Crippen molar-refractivity contribution in [2.24, 2.45) is 0 Å². The zero-order valence-corrected chi connectivity index (χ0v) is 20.7. The Kier molecular flexibility index (Phi) is 7.93. The summed E-state index contributed by atoms with van der Waals surface area (Å²) in [6.45, 7) is 0. The van der Waals surface area contributed by atoms with E-state index in [0.717, 1.165) is 18.6 Å². The molecule has 2 aromatic carbocycles. The Labute approximate surface area is 214 Å². The minimum atomic E-state index is -0.453. The molecular weight excluding hydrogens is 473 g/mol. The monoisotopic (exact) mass is 501 g/mol. The van der Waals surface area contributed by atoms with Gasteiger partial charge in [0, 0.05) is 42.1 Å². The Morgan fingerprint density at radius 3 is 2.64 bits per heavy atom. The van der Waals surface area contributed by atoms with Gasteiger partial charge in [-0.15, -0.1) is 0 Å². The van der Waals surface area contributed by atoms with Crippen LogP contribution in [0.1, 0.15) is 37.7 Å². The van der Waals surface area contributed by atoms with E-state index >= 15 is 0 Å². The fourth-order valence-corrected chi connectivity index (χ4v) is 4.94. The highest BCUT2D eigenvalue weighted by atomic mass is 32.2. The number of anilines is 2. The smallest absolute Gasteiger partial charge is 0.223 e. The third-order valence-electron chi connectivity index (χ3n) is 6.07. The van der Waals surface area contributed by atoms with Gasteiger partial charge in [-0.2, -0.15) is 0 Å². The first-order valence-electron chi connectivity index (χ1n) is 12.2. The summed E-state index contributed by atoms with van der Waals surface area (Å²) in [5.41, 5.74) is 3.21. The van der Waals surface area contributed by atoms with Crippen LogP contribution in [0.25, 0.3) is 11.3 Å². The van der Waals surface area contributed by atoms with Crippen LogP contribution in [-0.4, -0.2) is 21.0 Å². The van der Waals surface area contributed by atoms with Gasteiger partial charge >= 0.3 is 0 Å². The molecule has 2 aromatic heterocycles. The molecule has 1 aliphatic carbocycles. The van der Waals surface area contributed by atoms with E-state index in [0.29, 0.717) is 34.7 Å². The summed E-state index contributed by atoms with van der Waals surface area (Å²) in [5.74, 6) is 1.52. The van der Waals surface area contributed by atoms with Crippen molar-refractivity contribution in [1.82, 2.24) is 15.0 Å². The predicted octanol–water partition coefficient (Wildman–Crippen LogP) is 7.47. The zero-order valence-electron chi connectivity index (χ0n) is 19.9. The van der Waals surface area contributed by atoms with Gasteiger partial charge in [0.2, 0.25) is 5.95 Å². The first-order chi connectivity index (χ1) is 17.7. The van der Waals surface area contributed by atoms with Gasteiger partial charge in [-0.25, -0.2) is 14.4 Å². The average Bonchev–Trinajstić information content (AvgIpc) is 2.92. The first kappa shape index (κ1) is 24.1. The number of nitrogens with one attached hydrogen (secondary N) is 2. The zero-order chi connectivity index (χ0) is 24.6.